The van der Waals surface area contributed by atoms with Crippen molar-refractivity contribution < 1.29 is 8.81 Å². The highest BCUT2D eigenvalue weighted by Gasteiger charge is 2.11. The standard InChI is InChI=1S/C8H4ClFN2O/c9-8-6(10)7(11-4-12-8)5-1-2-13-3-5/h1-4H. The van der Waals surface area contributed by atoms with Crippen molar-refractivity contribution in [3.8, 4) is 11.3 Å². The predicted molar refractivity (Wildman–Crippen MR) is 44.7 cm³/mol. The van der Waals surface area contributed by atoms with Crippen LogP contribution in [-0.2, 0) is 0 Å². The first-order valence-corrected chi connectivity index (χ1v) is 3.85. The summed E-state index contributed by atoms with van der Waals surface area (Å²) in [7, 11) is 0. The molecule has 0 unspecified atom stereocenters. The third kappa shape index (κ3) is 1.40. The fraction of sp³-hybridized carbons (Fsp3) is 0. The fourth-order valence-electron chi connectivity index (χ4n) is 0.949. The molecule has 13 heavy (non-hydrogen) atoms. The van der Waals surface area contributed by atoms with Crippen molar-refractivity contribution in [1.29, 1.82) is 0 Å². The lowest BCUT2D eigenvalue weighted by molar-refractivity contribution is 0.567. The fourth-order valence-corrected chi connectivity index (χ4v) is 1.08. The Morgan fingerprint density at radius 3 is 2.92 bits per heavy atom. The van der Waals surface area contributed by atoms with Crippen molar-refractivity contribution >= 4 is 11.6 Å². The number of aromatic nitrogens is 2. The van der Waals surface area contributed by atoms with Crippen LogP contribution in [-0.4, -0.2) is 9.97 Å². The van der Waals surface area contributed by atoms with Crippen LogP contribution in [0, 0.1) is 5.82 Å². The van der Waals surface area contributed by atoms with Crippen LogP contribution in [0.2, 0.25) is 5.15 Å². The first kappa shape index (κ1) is 8.19. The SMILES string of the molecule is Fc1c(Cl)ncnc1-c1ccoc1. The molecule has 2 aromatic heterocycles. The number of hydrogen-bond donors (Lipinski definition) is 0. The lowest BCUT2D eigenvalue weighted by Gasteiger charge is -1.97. The molecular weight excluding hydrogens is 195 g/mol. The molecule has 2 aromatic rings. The van der Waals surface area contributed by atoms with Gasteiger partial charge in [0.25, 0.3) is 0 Å². The number of halogens is 2. The quantitative estimate of drug-likeness (QED) is 0.661. The molecule has 0 bridgehead atoms. The highest BCUT2D eigenvalue weighted by molar-refractivity contribution is 6.29. The minimum absolute atomic E-state index is 0.147. The molecule has 0 aliphatic rings. The van der Waals surface area contributed by atoms with Crippen molar-refractivity contribution in [2.75, 3.05) is 0 Å². The van der Waals surface area contributed by atoms with E-state index in [1.165, 1.54) is 18.9 Å². The summed E-state index contributed by atoms with van der Waals surface area (Å²) in [4.78, 5) is 7.25. The molecule has 0 atom stereocenters. The Morgan fingerprint density at radius 2 is 2.23 bits per heavy atom. The van der Waals surface area contributed by atoms with Gasteiger partial charge in [-0.1, -0.05) is 11.6 Å². The molecule has 2 heterocycles. The van der Waals surface area contributed by atoms with Crippen molar-refractivity contribution in [3.05, 3.63) is 35.9 Å². The summed E-state index contributed by atoms with van der Waals surface area (Å²) in [5, 5.41) is -0.189. The molecule has 0 aliphatic heterocycles. The van der Waals surface area contributed by atoms with Crippen LogP contribution in [0.15, 0.2) is 29.3 Å². The first-order chi connectivity index (χ1) is 6.29. The van der Waals surface area contributed by atoms with Gasteiger partial charge in [0.05, 0.1) is 12.5 Å². The van der Waals surface area contributed by atoms with Crippen LogP contribution in [0.4, 0.5) is 4.39 Å². The second-order valence-electron chi connectivity index (χ2n) is 2.34. The van der Waals surface area contributed by atoms with Gasteiger partial charge in [-0.2, -0.15) is 0 Å². The van der Waals surface area contributed by atoms with E-state index in [2.05, 4.69) is 9.97 Å². The molecule has 0 saturated heterocycles. The molecule has 5 heteroatoms. The Morgan fingerprint density at radius 1 is 1.38 bits per heavy atom. The summed E-state index contributed by atoms with van der Waals surface area (Å²) < 4.78 is 18.1. The van der Waals surface area contributed by atoms with Gasteiger partial charge >= 0.3 is 0 Å². The van der Waals surface area contributed by atoms with E-state index in [-0.39, 0.29) is 10.8 Å². The lowest BCUT2D eigenvalue weighted by Crippen LogP contribution is -1.91. The summed E-state index contributed by atoms with van der Waals surface area (Å²) in [6.45, 7) is 0. The maximum atomic E-state index is 13.3. The zero-order chi connectivity index (χ0) is 9.26. The normalized spacial score (nSPS) is 10.3. The number of rotatable bonds is 1. The molecule has 0 fully saturated rings. The Bertz CT molecular complexity index is 416. The zero-order valence-corrected chi connectivity index (χ0v) is 7.12. The summed E-state index contributed by atoms with van der Waals surface area (Å²) in [6.07, 6.45) is 4.03. The Kier molecular flexibility index (Phi) is 1.98. The Balaban J connectivity index is 2.59. The van der Waals surface area contributed by atoms with Crippen LogP contribution >= 0.6 is 11.6 Å². The zero-order valence-electron chi connectivity index (χ0n) is 6.37. The molecule has 66 valence electrons. The predicted octanol–water partition coefficient (Wildman–Crippen LogP) is 2.53. The van der Waals surface area contributed by atoms with E-state index in [1.54, 1.807) is 6.07 Å². The maximum Gasteiger partial charge on any atom is 0.186 e. The van der Waals surface area contributed by atoms with E-state index < -0.39 is 5.82 Å². The van der Waals surface area contributed by atoms with Gasteiger partial charge in [-0.3, -0.25) is 0 Å². The molecule has 0 saturated carbocycles. The Labute approximate surface area is 78.2 Å². The minimum Gasteiger partial charge on any atom is -0.472 e. The minimum atomic E-state index is -0.634. The van der Waals surface area contributed by atoms with Crippen LogP contribution < -0.4 is 0 Å². The van der Waals surface area contributed by atoms with Crippen molar-refractivity contribution in [2.45, 2.75) is 0 Å². The second kappa shape index (κ2) is 3.14. The van der Waals surface area contributed by atoms with Gasteiger partial charge in [-0.15, -0.1) is 0 Å². The van der Waals surface area contributed by atoms with E-state index in [0.717, 1.165) is 0 Å². The maximum absolute atomic E-state index is 13.3. The van der Waals surface area contributed by atoms with Gasteiger partial charge < -0.3 is 4.42 Å². The molecule has 0 aliphatic carbocycles. The van der Waals surface area contributed by atoms with Crippen LogP contribution in [0.1, 0.15) is 0 Å². The van der Waals surface area contributed by atoms with Crippen molar-refractivity contribution in [2.24, 2.45) is 0 Å². The second-order valence-corrected chi connectivity index (χ2v) is 2.70. The molecule has 0 spiro atoms. The van der Waals surface area contributed by atoms with Gasteiger partial charge in [0, 0.05) is 5.56 Å². The first-order valence-electron chi connectivity index (χ1n) is 3.47. The summed E-state index contributed by atoms with van der Waals surface area (Å²) in [5.41, 5.74) is 0.690. The molecule has 0 N–H and O–H groups in total. The average molecular weight is 199 g/mol. The molecule has 2 rings (SSSR count). The van der Waals surface area contributed by atoms with Crippen molar-refractivity contribution in [3.63, 3.8) is 0 Å². The van der Waals surface area contributed by atoms with Crippen LogP contribution in [0.3, 0.4) is 0 Å². The molecule has 0 aromatic carbocycles. The lowest BCUT2D eigenvalue weighted by atomic mass is 10.2. The summed E-state index contributed by atoms with van der Waals surface area (Å²) in [6, 6.07) is 1.60. The average Bonchev–Trinajstić information content (AvgIpc) is 2.62. The highest BCUT2D eigenvalue weighted by atomic mass is 35.5. The van der Waals surface area contributed by atoms with Crippen molar-refractivity contribution in [1.82, 2.24) is 9.97 Å². The third-order valence-electron chi connectivity index (χ3n) is 1.54. The molecular formula is C8H4ClFN2O. The van der Waals surface area contributed by atoms with E-state index in [9.17, 15) is 4.39 Å². The van der Waals surface area contributed by atoms with E-state index in [4.69, 9.17) is 16.0 Å². The van der Waals surface area contributed by atoms with E-state index in [0.29, 0.717) is 5.56 Å². The monoisotopic (exact) mass is 198 g/mol. The summed E-state index contributed by atoms with van der Waals surface area (Å²) >= 11 is 5.47. The van der Waals surface area contributed by atoms with E-state index in [1.807, 2.05) is 0 Å². The molecule has 3 nitrogen and oxygen atoms in total. The van der Waals surface area contributed by atoms with E-state index >= 15 is 0 Å². The van der Waals surface area contributed by atoms with Gasteiger partial charge in [0.2, 0.25) is 0 Å². The number of hydrogen-bond acceptors (Lipinski definition) is 3. The van der Waals surface area contributed by atoms with Gasteiger partial charge in [-0.05, 0) is 6.07 Å². The number of furan rings is 1. The van der Waals surface area contributed by atoms with Gasteiger partial charge in [-0.25, -0.2) is 14.4 Å². The van der Waals surface area contributed by atoms with Crippen LogP contribution in [0.5, 0.6) is 0 Å². The Hall–Kier alpha value is -1.42. The smallest absolute Gasteiger partial charge is 0.186 e. The largest absolute Gasteiger partial charge is 0.472 e. The number of nitrogens with zero attached hydrogens (tertiary/aromatic N) is 2. The topological polar surface area (TPSA) is 38.9 Å². The third-order valence-corrected chi connectivity index (χ3v) is 1.81. The highest BCUT2D eigenvalue weighted by Crippen LogP contribution is 2.23. The molecule has 0 radical (unpaired) electrons. The molecule has 0 amide bonds. The van der Waals surface area contributed by atoms with Crippen LogP contribution in [0.25, 0.3) is 11.3 Å². The van der Waals surface area contributed by atoms with Gasteiger partial charge in [0.1, 0.15) is 12.0 Å². The van der Waals surface area contributed by atoms with Gasteiger partial charge in [0.15, 0.2) is 11.0 Å². The summed E-state index contributed by atoms with van der Waals surface area (Å²) in [5.74, 6) is -0.634.